The second-order valence-corrected chi connectivity index (χ2v) is 7.70. The Morgan fingerprint density at radius 3 is 2.66 bits per heavy atom. The molecule has 0 bridgehead atoms. The van der Waals surface area contributed by atoms with Crippen molar-refractivity contribution in [1.82, 2.24) is 15.3 Å². The standard InChI is InChI=1S/C23H21ClN4O/c1-14(2)12-26-23(29)17-7-5-6-15-18-13-25-11-10-16(18)22(28-21(15)17)27-20-9-4-3-8-19(20)24/h3-11,13-14H,12H2,1-2H3,(H,26,29)(H,27,28). The summed E-state index contributed by atoms with van der Waals surface area (Å²) in [6.07, 6.45) is 3.53. The third-order valence-electron chi connectivity index (χ3n) is 4.67. The number of carbonyl (C=O) groups excluding carboxylic acids is 1. The summed E-state index contributed by atoms with van der Waals surface area (Å²) in [6.45, 7) is 4.73. The number of benzene rings is 2. The molecule has 1 amide bonds. The van der Waals surface area contributed by atoms with Gasteiger partial charge in [0.05, 0.1) is 21.8 Å². The van der Waals surface area contributed by atoms with Gasteiger partial charge in [-0.2, -0.15) is 0 Å². The molecular formula is C23H21ClN4O. The van der Waals surface area contributed by atoms with Crippen molar-refractivity contribution < 1.29 is 4.79 Å². The maximum atomic E-state index is 12.8. The highest BCUT2D eigenvalue weighted by Gasteiger charge is 2.16. The maximum absolute atomic E-state index is 12.8. The summed E-state index contributed by atoms with van der Waals surface area (Å²) in [5, 5.41) is 9.61. The van der Waals surface area contributed by atoms with Gasteiger partial charge in [0.25, 0.3) is 5.91 Å². The summed E-state index contributed by atoms with van der Waals surface area (Å²) in [5.74, 6) is 0.861. The van der Waals surface area contributed by atoms with Gasteiger partial charge >= 0.3 is 0 Å². The molecule has 0 atom stereocenters. The van der Waals surface area contributed by atoms with Crippen LogP contribution in [0.3, 0.4) is 0 Å². The van der Waals surface area contributed by atoms with Gasteiger partial charge in [0, 0.05) is 35.1 Å². The predicted octanol–water partition coefficient (Wildman–Crippen LogP) is 5.57. The highest BCUT2D eigenvalue weighted by atomic mass is 35.5. The second-order valence-electron chi connectivity index (χ2n) is 7.29. The molecule has 0 saturated carbocycles. The summed E-state index contributed by atoms with van der Waals surface area (Å²) in [6, 6.07) is 15.0. The van der Waals surface area contributed by atoms with Gasteiger partial charge in [-0.3, -0.25) is 9.78 Å². The zero-order valence-corrected chi connectivity index (χ0v) is 17.0. The van der Waals surface area contributed by atoms with E-state index in [-0.39, 0.29) is 5.91 Å². The van der Waals surface area contributed by atoms with E-state index < -0.39 is 0 Å². The minimum atomic E-state index is -0.135. The van der Waals surface area contributed by atoms with Crippen LogP contribution in [0.4, 0.5) is 11.5 Å². The smallest absolute Gasteiger partial charge is 0.253 e. The average Bonchev–Trinajstić information content (AvgIpc) is 2.73. The Bertz CT molecular complexity index is 1210. The van der Waals surface area contributed by atoms with Crippen LogP contribution in [0.25, 0.3) is 21.7 Å². The number of hydrogen-bond donors (Lipinski definition) is 2. The summed E-state index contributed by atoms with van der Waals surface area (Å²) < 4.78 is 0. The van der Waals surface area contributed by atoms with Gasteiger partial charge in [-0.05, 0) is 30.2 Å². The largest absolute Gasteiger partial charge is 0.352 e. The van der Waals surface area contributed by atoms with E-state index in [1.165, 1.54) is 0 Å². The molecule has 0 radical (unpaired) electrons. The Kier molecular flexibility index (Phi) is 5.32. The minimum Gasteiger partial charge on any atom is -0.352 e. The van der Waals surface area contributed by atoms with Gasteiger partial charge in [-0.25, -0.2) is 4.98 Å². The molecule has 0 saturated heterocycles. The quantitative estimate of drug-likeness (QED) is 0.427. The number of anilines is 2. The fourth-order valence-electron chi connectivity index (χ4n) is 3.23. The number of fused-ring (bicyclic) bond motifs is 3. The monoisotopic (exact) mass is 404 g/mol. The zero-order chi connectivity index (χ0) is 20.4. The predicted molar refractivity (Wildman–Crippen MR) is 119 cm³/mol. The highest BCUT2D eigenvalue weighted by molar-refractivity contribution is 6.33. The van der Waals surface area contributed by atoms with Crippen LogP contribution < -0.4 is 10.6 Å². The van der Waals surface area contributed by atoms with Crippen molar-refractivity contribution in [2.24, 2.45) is 5.92 Å². The van der Waals surface area contributed by atoms with Crippen LogP contribution in [-0.2, 0) is 0 Å². The van der Waals surface area contributed by atoms with Crippen LogP contribution in [0.5, 0.6) is 0 Å². The van der Waals surface area contributed by atoms with Crippen LogP contribution in [0.1, 0.15) is 24.2 Å². The molecule has 2 aromatic heterocycles. The van der Waals surface area contributed by atoms with E-state index >= 15 is 0 Å². The summed E-state index contributed by atoms with van der Waals surface area (Å²) in [5.41, 5.74) is 1.92. The molecule has 4 aromatic rings. The molecule has 0 fully saturated rings. The van der Waals surface area contributed by atoms with Crippen LogP contribution in [-0.4, -0.2) is 22.4 Å². The van der Waals surface area contributed by atoms with Gasteiger partial charge in [-0.1, -0.05) is 49.7 Å². The molecule has 2 aromatic carbocycles. The number of nitrogens with one attached hydrogen (secondary N) is 2. The lowest BCUT2D eigenvalue weighted by Gasteiger charge is -2.14. The van der Waals surface area contributed by atoms with Crippen molar-refractivity contribution in [3.63, 3.8) is 0 Å². The fraction of sp³-hybridized carbons (Fsp3) is 0.174. The first-order valence-electron chi connectivity index (χ1n) is 9.51. The first-order valence-corrected chi connectivity index (χ1v) is 9.88. The SMILES string of the molecule is CC(C)CNC(=O)c1cccc2c1nc(Nc1ccccc1Cl)c1ccncc12. The average molecular weight is 405 g/mol. The topological polar surface area (TPSA) is 66.9 Å². The Labute approximate surface area is 174 Å². The normalized spacial score (nSPS) is 11.2. The van der Waals surface area contributed by atoms with E-state index in [2.05, 4.69) is 29.5 Å². The third-order valence-corrected chi connectivity index (χ3v) is 5.00. The van der Waals surface area contributed by atoms with E-state index in [0.717, 1.165) is 21.8 Å². The van der Waals surface area contributed by atoms with Crippen LogP contribution in [0.15, 0.2) is 60.9 Å². The molecule has 6 heteroatoms. The van der Waals surface area contributed by atoms with Crippen molar-refractivity contribution in [2.75, 3.05) is 11.9 Å². The number of amides is 1. The molecule has 0 aliphatic carbocycles. The molecule has 0 aliphatic heterocycles. The number of nitrogens with zero attached hydrogens (tertiary/aromatic N) is 2. The van der Waals surface area contributed by atoms with Crippen molar-refractivity contribution in [1.29, 1.82) is 0 Å². The lowest BCUT2D eigenvalue weighted by atomic mass is 10.0. The van der Waals surface area contributed by atoms with Crippen LogP contribution >= 0.6 is 11.6 Å². The van der Waals surface area contributed by atoms with Gasteiger partial charge in [0.2, 0.25) is 0 Å². The van der Waals surface area contributed by atoms with E-state index in [1.54, 1.807) is 18.5 Å². The molecule has 5 nitrogen and oxygen atoms in total. The minimum absolute atomic E-state index is 0.135. The molecule has 29 heavy (non-hydrogen) atoms. The van der Waals surface area contributed by atoms with Gasteiger partial charge in [-0.15, -0.1) is 0 Å². The number of pyridine rings is 2. The molecular weight excluding hydrogens is 384 g/mol. The van der Waals surface area contributed by atoms with Crippen LogP contribution in [0, 0.1) is 5.92 Å². The van der Waals surface area contributed by atoms with Gasteiger partial charge in [0.1, 0.15) is 5.82 Å². The number of para-hydroxylation sites is 2. The Morgan fingerprint density at radius 1 is 1.03 bits per heavy atom. The Hall–Kier alpha value is -3.18. The summed E-state index contributed by atoms with van der Waals surface area (Å²) >= 11 is 6.33. The van der Waals surface area contributed by atoms with Crippen molar-refractivity contribution in [3.8, 4) is 0 Å². The lowest BCUT2D eigenvalue weighted by Crippen LogP contribution is -2.27. The lowest BCUT2D eigenvalue weighted by molar-refractivity contribution is 0.0950. The number of aromatic nitrogens is 2. The number of hydrogen-bond acceptors (Lipinski definition) is 4. The fourth-order valence-corrected chi connectivity index (χ4v) is 3.41. The number of carbonyl (C=O) groups is 1. The Balaban J connectivity index is 1.90. The Morgan fingerprint density at radius 2 is 1.86 bits per heavy atom. The third kappa shape index (κ3) is 3.87. The van der Waals surface area contributed by atoms with E-state index in [0.29, 0.717) is 34.4 Å². The molecule has 146 valence electrons. The number of halogens is 1. The molecule has 0 spiro atoms. The molecule has 2 heterocycles. The van der Waals surface area contributed by atoms with E-state index in [1.807, 2.05) is 42.5 Å². The molecule has 0 aliphatic rings. The first kappa shape index (κ1) is 19.2. The number of rotatable bonds is 5. The maximum Gasteiger partial charge on any atom is 0.253 e. The zero-order valence-electron chi connectivity index (χ0n) is 16.2. The van der Waals surface area contributed by atoms with Gasteiger partial charge in [0.15, 0.2) is 0 Å². The molecule has 0 unspecified atom stereocenters. The van der Waals surface area contributed by atoms with Crippen molar-refractivity contribution in [3.05, 3.63) is 71.5 Å². The highest BCUT2D eigenvalue weighted by Crippen LogP contribution is 2.33. The van der Waals surface area contributed by atoms with Crippen LogP contribution in [0.2, 0.25) is 5.02 Å². The van der Waals surface area contributed by atoms with E-state index in [9.17, 15) is 4.79 Å². The van der Waals surface area contributed by atoms with Gasteiger partial charge < -0.3 is 10.6 Å². The molecule has 2 N–H and O–H groups in total. The first-order chi connectivity index (χ1) is 14.0. The molecule has 4 rings (SSSR count). The van der Waals surface area contributed by atoms with Crippen molar-refractivity contribution >= 4 is 50.7 Å². The van der Waals surface area contributed by atoms with Crippen molar-refractivity contribution in [2.45, 2.75) is 13.8 Å². The summed E-state index contributed by atoms with van der Waals surface area (Å²) in [4.78, 5) is 21.9. The van der Waals surface area contributed by atoms with E-state index in [4.69, 9.17) is 16.6 Å². The second kappa shape index (κ2) is 8.05. The summed E-state index contributed by atoms with van der Waals surface area (Å²) in [7, 11) is 0.